The lowest BCUT2D eigenvalue weighted by molar-refractivity contribution is -0.945. The van der Waals surface area contributed by atoms with Gasteiger partial charge in [0.1, 0.15) is 0 Å². The third kappa shape index (κ3) is 3.66. The maximum absolute atomic E-state index is 13.2. The summed E-state index contributed by atoms with van der Waals surface area (Å²) >= 11 is 0. The van der Waals surface area contributed by atoms with Crippen LogP contribution in [-0.4, -0.2) is 63.5 Å². The molecule has 3 atom stereocenters. The number of carbonyl (C=O) groups is 2. The Hall–Kier alpha value is -2.32. The summed E-state index contributed by atoms with van der Waals surface area (Å²) in [7, 11) is 4.49. The van der Waals surface area contributed by atoms with Crippen molar-refractivity contribution in [1.29, 1.82) is 0 Å². The molecule has 0 aromatic heterocycles. The number of likely N-dealkylation sites (tertiary alicyclic amines) is 1. The number of aliphatic hydroxyl groups is 1. The van der Waals surface area contributed by atoms with E-state index in [1.807, 2.05) is 0 Å². The zero-order valence-electron chi connectivity index (χ0n) is 16.7. The molecule has 2 aliphatic rings. The Labute approximate surface area is 165 Å². The van der Waals surface area contributed by atoms with Gasteiger partial charge in [-0.25, -0.2) is 4.90 Å². The zero-order valence-corrected chi connectivity index (χ0v) is 16.7. The third-order valence-electron chi connectivity index (χ3n) is 5.77. The van der Waals surface area contributed by atoms with E-state index in [9.17, 15) is 14.7 Å². The van der Waals surface area contributed by atoms with E-state index in [-0.39, 0.29) is 30.9 Å². The quantitative estimate of drug-likeness (QED) is 0.642. The lowest BCUT2D eigenvalue weighted by Crippen LogP contribution is -3.20. The van der Waals surface area contributed by atoms with Gasteiger partial charge in [0.05, 0.1) is 46.0 Å². The van der Waals surface area contributed by atoms with Crippen LogP contribution in [0.1, 0.15) is 32.1 Å². The van der Waals surface area contributed by atoms with Gasteiger partial charge in [0.2, 0.25) is 11.7 Å². The number of amides is 2. The highest BCUT2D eigenvalue weighted by Crippen LogP contribution is 2.41. The van der Waals surface area contributed by atoms with Gasteiger partial charge in [-0.1, -0.05) is 0 Å². The second kappa shape index (κ2) is 8.79. The Morgan fingerprint density at radius 1 is 1.11 bits per heavy atom. The number of ether oxygens (including phenoxy) is 3. The van der Waals surface area contributed by atoms with Crippen molar-refractivity contribution in [2.24, 2.45) is 0 Å². The maximum atomic E-state index is 13.2. The van der Waals surface area contributed by atoms with Crippen LogP contribution in [0.3, 0.4) is 0 Å². The fraction of sp³-hybridized carbons (Fsp3) is 0.600. The minimum Gasteiger partial charge on any atom is -0.493 e. The van der Waals surface area contributed by atoms with E-state index in [1.165, 1.54) is 26.2 Å². The Kier molecular flexibility index (Phi) is 6.41. The number of aliphatic hydroxyl groups excluding tert-OH is 1. The molecule has 0 bridgehead atoms. The van der Waals surface area contributed by atoms with Gasteiger partial charge in [-0.15, -0.1) is 0 Å². The van der Waals surface area contributed by atoms with Gasteiger partial charge in [0, 0.05) is 25.2 Å². The van der Waals surface area contributed by atoms with E-state index in [1.54, 1.807) is 12.1 Å². The van der Waals surface area contributed by atoms with Crippen LogP contribution < -0.4 is 24.0 Å². The molecule has 2 amide bonds. The van der Waals surface area contributed by atoms with E-state index in [0.29, 0.717) is 29.4 Å². The SMILES string of the molecule is COc1cc(N2C(=O)C[C@H]([NH+]3CCCC[C@@H]3CCO)C2=O)cc(OC)c1OC. The average molecular weight is 393 g/mol. The van der Waals surface area contributed by atoms with Crippen LogP contribution in [0.15, 0.2) is 12.1 Å². The summed E-state index contributed by atoms with van der Waals surface area (Å²) in [6.07, 6.45) is 3.92. The summed E-state index contributed by atoms with van der Waals surface area (Å²) in [4.78, 5) is 28.4. The number of quaternary nitrogens is 1. The number of nitrogens with one attached hydrogen (secondary N) is 1. The van der Waals surface area contributed by atoms with Crippen LogP contribution in [0.4, 0.5) is 5.69 Å². The van der Waals surface area contributed by atoms with Gasteiger partial charge in [0.25, 0.3) is 5.91 Å². The number of rotatable bonds is 7. The second-order valence-electron chi connectivity index (χ2n) is 7.24. The van der Waals surface area contributed by atoms with Crippen LogP contribution in [0.5, 0.6) is 17.2 Å². The lowest BCUT2D eigenvalue weighted by Gasteiger charge is -2.35. The summed E-state index contributed by atoms with van der Waals surface area (Å²) in [6, 6.07) is 3.04. The molecule has 2 saturated heterocycles. The molecule has 2 N–H and O–H groups in total. The first kappa shape index (κ1) is 20.4. The van der Waals surface area contributed by atoms with E-state index in [0.717, 1.165) is 30.7 Å². The molecule has 8 nitrogen and oxygen atoms in total. The minimum absolute atomic E-state index is 0.0968. The van der Waals surface area contributed by atoms with Crippen LogP contribution in [-0.2, 0) is 9.59 Å². The molecule has 2 heterocycles. The Balaban J connectivity index is 1.91. The molecule has 1 unspecified atom stereocenters. The van der Waals surface area contributed by atoms with Gasteiger partial charge in [-0.05, 0) is 19.3 Å². The number of hydrogen-bond donors (Lipinski definition) is 2. The summed E-state index contributed by atoms with van der Waals surface area (Å²) < 4.78 is 16.0. The van der Waals surface area contributed by atoms with Crippen molar-refractivity contribution in [1.82, 2.24) is 0 Å². The molecule has 0 spiro atoms. The fourth-order valence-corrected chi connectivity index (χ4v) is 4.44. The maximum Gasteiger partial charge on any atom is 0.292 e. The smallest absolute Gasteiger partial charge is 0.292 e. The summed E-state index contributed by atoms with van der Waals surface area (Å²) in [5.41, 5.74) is 0.419. The second-order valence-corrected chi connectivity index (χ2v) is 7.24. The predicted molar refractivity (Wildman–Crippen MR) is 102 cm³/mol. The normalized spacial score (nSPS) is 25.1. The number of nitrogens with zero attached hydrogens (tertiary/aromatic N) is 1. The summed E-state index contributed by atoms with van der Waals surface area (Å²) in [6.45, 7) is 0.942. The van der Waals surface area contributed by atoms with Crippen molar-refractivity contribution in [3.63, 3.8) is 0 Å². The third-order valence-corrected chi connectivity index (χ3v) is 5.77. The molecular formula is C20H29N2O6+. The van der Waals surface area contributed by atoms with Crippen LogP contribution >= 0.6 is 0 Å². The van der Waals surface area contributed by atoms with Crippen molar-refractivity contribution in [2.75, 3.05) is 39.4 Å². The first-order valence-corrected chi connectivity index (χ1v) is 9.68. The molecule has 1 aromatic carbocycles. The Morgan fingerprint density at radius 3 is 2.36 bits per heavy atom. The molecule has 28 heavy (non-hydrogen) atoms. The number of imide groups is 1. The van der Waals surface area contributed by atoms with E-state index < -0.39 is 6.04 Å². The molecule has 0 radical (unpaired) electrons. The number of carbonyl (C=O) groups excluding carboxylic acids is 2. The largest absolute Gasteiger partial charge is 0.493 e. The van der Waals surface area contributed by atoms with Gasteiger partial charge in [-0.2, -0.15) is 0 Å². The Morgan fingerprint density at radius 2 is 1.79 bits per heavy atom. The molecular weight excluding hydrogens is 364 g/mol. The summed E-state index contributed by atoms with van der Waals surface area (Å²) in [5.74, 6) is 0.757. The van der Waals surface area contributed by atoms with Crippen LogP contribution in [0, 0.1) is 0 Å². The molecule has 2 fully saturated rings. The van der Waals surface area contributed by atoms with Gasteiger partial charge >= 0.3 is 0 Å². The van der Waals surface area contributed by atoms with E-state index in [4.69, 9.17) is 14.2 Å². The number of hydrogen-bond acceptors (Lipinski definition) is 6. The van der Waals surface area contributed by atoms with Crippen molar-refractivity contribution in [2.45, 2.75) is 44.2 Å². The van der Waals surface area contributed by atoms with Gasteiger partial charge in [-0.3, -0.25) is 9.59 Å². The van der Waals surface area contributed by atoms with Gasteiger partial charge < -0.3 is 24.2 Å². The molecule has 2 aliphatic heterocycles. The zero-order chi connectivity index (χ0) is 20.3. The first-order chi connectivity index (χ1) is 13.5. The van der Waals surface area contributed by atoms with E-state index >= 15 is 0 Å². The Bertz CT molecular complexity index is 710. The number of benzene rings is 1. The highest BCUT2D eigenvalue weighted by molar-refractivity contribution is 6.22. The van der Waals surface area contributed by atoms with Crippen LogP contribution in [0.25, 0.3) is 0 Å². The topological polar surface area (TPSA) is 89.7 Å². The number of piperidine rings is 1. The molecule has 0 aliphatic carbocycles. The predicted octanol–water partition coefficient (Wildman–Crippen LogP) is 0.164. The highest BCUT2D eigenvalue weighted by atomic mass is 16.5. The fourth-order valence-electron chi connectivity index (χ4n) is 4.44. The van der Waals surface area contributed by atoms with Crippen LogP contribution in [0.2, 0.25) is 0 Å². The summed E-state index contributed by atoms with van der Waals surface area (Å²) in [5, 5.41) is 9.38. The van der Waals surface area contributed by atoms with Crippen molar-refractivity contribution in [3.05, 3.63) is 12.1 Å². The monoisotopic (exact) mass is 393 g/mol. The molecule has 154 valence electrons. The molecule has 3 rings (SSSR count). The van der Waals surface area contributed by atoms with E-state index in [2.05, 4.69) is 0 Å². The average Bonchev–Trinajstić information content (AvgIpc) is 3.01. The molecule has 1 aromatic rings. The van der Waals surface area contributed by atoms with Gasteiger partial charge in [0.15, 0.2) is 17.5 Å². The molecule has 8 heteroatoms. The minimum atomic E-state index is -0.413. The number of anilines is 1. The van der Waals surface area contributed by atoms with Crippen molar-refractivity contribution >= 4 is 17.5 Å². The molecule has 0 saturated carbocycles. The van der Waals surface area contributed by atoms with Crippen molar-refractivity contribution in [3.8, 4) is 17.2 Å². The number of methoxy groups -OCH3 is 3. The lowest BCUT2D eigenvalue weighted by atomic mass is 9.97. The standard InChI is InChI=1S/C20H28N2O6/c1-26-16-10-14(11-17(27-2)19(16)28-3)22-18(24)12-15(20(22)25)21-8-5-4-6-13(21)7-9-23/h10-11,13,15,23H,4-9,12H2,1-3H3/p+1/t13-,15+/m1/s1. The first-order valence-electron chi connectivity index (χ1n) is 9.68. The highest BCUT2D eigenvalue weighted by Gasteiger charge is 2.48. The van der Waals surface area contributed by atoms with Crippen molar-refractivity contribution < 1.29 is 33.8 Å².